The van der Waals surface area contributed by atoms with E-state index in [-0.39, 0.29) is 34.7 Å². The largest absolute Gasteiger partial charge is 0.444 e. The molecule has 9 nitrogen and oxygen atoms in total. The quantitative estimate of drug-likeness (QED) is 0.385. The number of nitrogen functional groups attached to an aromatic ring is 1. The Morgan fingerprint density at radius 3 is 2.17 bits per heavy atom. The fraction of sp³-hybridized carbons (Fsp3) is 0.462. The first kappa shape index (κ1) is 29.8. The summed E-state index contributed by atoms with van der Waals surface area (Å²) >= 11 is 0. The molecule has 0 bridgehead atoms. The minimum Gasteiger partial charge on any atom is -0.444 e. The number of carbonyl (C=O) groups is 1. The van der Waals surface area contributed by atoms with Crippen molar-refractivity contribution >= 4 is 11.9 Å². The third-order valence-electron chi connectivity index (χ3n) is 6.42. The van der Waals surface area contributed by atoms with Gasteiger partial charge in [-0.1, -0.05) is 0 Å². The van der Waals surface area contributed by atoms with Crippen molar-refractivity contribution in [2.75, 3.05) is 18.8 Å². The number of hydrogen-bond donors (Lipinski definition) is 1. The highest BCUT2D eigenvalue weighted by Gasteiger charge is 2.37. The standard InChI is InChI=1S/C26H27F6N7O2/c1-24(2,3)41-23(40)37-6-4-19(5-7-37)39-22(34)20(11-33)21(36-39)16-12-35-38(14-16)13-15-8-17(25(27,28)29)10-18(9-15)26(30,31)32/h8-10,12,14,19H,4-7,13,34H2,1-3H3. The van der Waals surface area contributed by atoms with Crippen molar-refractivity contribution in [3.8, 4) is 17.3 Å². The van der Waals surface area contributed by atoms with Crippen LogP contribution >= 0.6 is 0 Å². The lowest BCUT2D eigenvalue weighted by molar-refractivity contribution is -0.143. The lowest BCUT2D eigenvalue weighted by Gasteiger charge is -2.33. The third kappa shape index (κ3) is 6.75. The number of alkyl halides is 6. The van der Waals surface area contributed by atoms with Crippen molar-refractivity contribution in [1.82, 2.24) is 24.5 Å². The molecule has 220 valence electrons. The lowest BCUT2D eigenvalue weighted by Crippen LogP contribution is -2.42. The van der Waals surface area contributed by atoms with Gasteiger partial charge >= 0.3 is 18.4 Å². The maximum absolute atomic E-state index is 13.2. The van der Waals surface area contributed by atoms with Gasteiger partial charge in [-0.05, 0) is 57.4 Å². The van der Waals surface area contributed by atoms with Crippen molar-refractivity contribution in [3.05, 3.63) is 52.8 Å². The van der Waals surface area contributed by atoms with E-state index in [0.717, 1.165) is 4.68 Å². The predicted molar refractivity (Wildman–Crippen MR) is 134 cm³/mol. The van der Waals surface area contributed by atoms with Crippen LogP contribution in [-0.2, 0) is 23.6 Å². The second-order valence-corrected chi connectivity index (χ2v) is 10.7. The minimum atomic E-state index is -4.97. The number of aromatic nitrogens is 4. The Labute approximate surface area is 231 Å². The number of piperidine rings is 1. The predicted octanol–water partition coefficient (Wildman–Crippen LogP) is 5.86. The van der Waals surface area contributed by atoms with E-state index in [2.05, 4.69) is 10.2 Å². The fourth-order valence-electron chi connectivity index (χ4n) is 4.53. The molecule has 1 aliphatic rings. The van der Waals surface area contributed by atoms with Crippen LogP contribution in [0.4, 0.5) is 37.0 Å². The average molecular weight is 584 g/mol. The number of carbonyl (C=O) groups excluding carboxylic acids is 1. The zero-order chi connectivity index (χ0) is 30.3. The SMILES string of the molecule is CC(C)(C)OC(=O)N1CCC(n2nc(-c3cnn(Cc4cc(C(F)(F)F)cc(C(F)(F)F)c4)c3)c(C#N)c2N)CC1. The molecule has 0 spiro atoms. The van der Waals surface area contributed by atoms with Gasteiger partial charge in [-0.25, -0.2) is 9.48 Å². The molecule has 4 rings (SSSR count). The number of hydrogen-bond acceptors (Lipinski definition) is 6. The van der Waals surface area contributed by atoms with E-state index in [4.69, 9.17) is 10.5 Å². The summed E-state index contributed by atoms with van der Waals surface area (Å²) < 4.78 is 87.5. The molecule has 0 atom stereocenters. The number of ether oxygens (including phenoxy) is 1. The second kappa shape index (κ2) is 10.6. The van der Waals surface area contributed by atoms with Gasteiger partial charge in [0, 0.05) is 24.8 Å². The first-order valence-corrected chi connectivity index (χ1v) is 12.5. The lowest BCUT2D eigenvalue weighted by atomic mass is 10.0. The van der Waals surface area contributed by atoms with Gasteiger partial charge in [-0.3, -0.25) is 4.68 Å². The van der Waals surface area contributed by atoms with Crippen molar-refractivity contribution < 1.29 is 35.9 Å². The first-order chi connectivity index (χ1) is 19.0. The third-order valence-corrected chi connectivity index (χ3v) is 6.42. The maximum atomic E-state index is 13.2. The number of nitrogens with zero attached hydrogens (tertiary/aromatic N) is 6. The van der Waals surface area contributed by atoms with Crippen LogP contribution in [0.5, 0.6) is 0 Å². The van der Waals surface area contributed by atoms with Gasteiger partial charge in [0.1, 0.15) is 28.7 Å². The summed E-state index contributed by atoms with van der Waals surface area (Å²) in [6, 6.07) is 3.10. The molecular weight excluding hydrogens is 556 g/mol. The fourth-order valence-corrected chi connectivity index (χ4v) is 4.53. The number of halogens is 6. The Morgan fingerprint density at radius 1 is 1.07 bits per heavy atom. The van der Waals surface area contributed by atoms with E-state index < -0.39 is 41.7 Å². The van der Waals surface area contributed by atoms with Crippen LogP contribution in [0.2, 0.25) is 0 Å². The molecule has 1 amide bonds. The van der Waals surface area contributed by atoms with Crippen LogP contribution in [0.15, 0.2) is 30.6 Å². The monoisotopic (exact) mass is 583 g/mol. The number of nitriles is 1. The molecule has 41 heavy (non-hydrogen) atoms. The van der Waals surface area contributed by atoms with Crippen LogP contribution in [-0.4, -0.2) is 49.2 Å². The average Bonchev–Trinajstić information content (AvgIpc) is 3.45. The normalized spacial score (nSPS) is 15.2. The Kier molecular flexibility index (Phi) is 7.72. The Morgan fingerprint density at radius 2 is 1.66 bits per heavy atom. The van der Waals surface area contributed by atoms with Gasteiger partial charge < -0.3 is 15.4 Å². The Hall–Kier alpha value is -4.22. The molecular formula is C26H27F6N7O2. The Balaban J connectivity index is 1.55. The molecule has 2 N–H and O–H groups in total. The molecule has 3 aromatic rings. The first-order valence-electron chi connectivity index (χ1n) is 12.5. The number of likely N-dealkylation sites (tertiary alicyclic amines) is 1. The van der Waals surface area contributed by atoms with Crippen molar-refractivity contribution in [1.29, 1.82) is 5.26 Å². The molecule has 1 aromatic carbocycles. The minimum absolute atomic E-state index is 0.0533. The highest BCUT2D eigenvalue weighted by Crippen LogP contribution is 2.37. The van der Waals surface area contributed by atoms with Crippen molar-refractivity contribution in [2.24, 2.45) is 0 Å². The summed E-state index contributed by atoms with van der Waals surface area (Å²) in [4.78, 5) is 14.0. The second-order valence-electron chi connectivity index (χ2n) is 10.7. The Bertz CT molecular complexity index is 1440. The molecule has 15 heteroatoms. The van der Waals surface area contributed by atoms with E-state index in [1.165, 1.54) is 17.1 Å². The van der Waals surface area contributed by atoms with Gasteiger partial charge in [0.15, 0.2) is 0 Å². The molecule has 0 radical (unpaired) electrons. The molecule has 3 heterocycles. The van der Waals surface area contributed by atoms with E-state index in [1.807, 2.05) is 6.07 Å². The smallest absolute Gasteiger partial charge is 0.416 e. The van der Waals surface area contributed by atoms with Crippen molar-refractivity contribution in [3.63, 3.8) is 0 Å². The zero-order valence-electron chi connectivity index (χ0n) is 22.3. The molecule has 0 unspecified atom stereocenters. The highest BCUT2D eigenvalue weighted by molar-refractivity contribution is 5.72. The van der Waals surface area contributed by atoms with Gasteiger partial charge in [-0.15, -0.1) is 0 Å². The number of benzene rings is 1. The van der Waals surface area contributed by atoms with Crippen LogP contribution in [0.1, 0.15) is 61.9 Å². The summed E-state index contributed by atoms with van der Waals surface area (Å²) in [6.07, 6.45) is -6.72. The van der Waals surface area contributed by atoms with Crippen LogP contribution in [0.25, 0.3) is 11.3 Å². The van der Waals surface area contributed by atoms with Crippen LogP contribution in [0, 0.1) is 11.3 Å². The summed E-state index contributed by atoms with van der Waals surface area (Å²) in [6.45, 7) is 5.68. The number of rotatable bonds is 4. The number of amides is 1. The van der Waals surface area contributed by atoms with Gasteiger partial charge in [0.25, 0.3) is 0 Å². The molecule has 0 saturated carbocycles. The number of nitrogens with two attached hydrogens (primary N) is 1. The molecule has 0 aliphatic carbocycles. The maximum Gasteiger partial charge on any atom is 0.416 e. The van der Waals surface area contributed by atoms with Gasteiger partial charge in [0.05, 0.1) is 29.9 Å². The van der Waals surface area contributed by atoms with Gasteiger partial charge in [0.2, 0.25) is 0 Å². The molecule has 1 fully saturated rings. The van der Waals surface area contributed by atoms with Gasteiger partial charge in [-0.2, -0.15) is 41.8 Å². The molecule has 1 saturated heterocycles. The van der Waals surface area contributed by atoms with E-state index >= 15 is 0 Å². The van der Waals surface area contributed by atoms with E-state index in [1.54, 1.807) is 25.7 Å². The van der Waals surface area contributed by atoms with Crippen LogP contribution in [0.3, 0.4) is 0 Å². The summed E-state index contributed by atoms with van der Waals surface area (Å²) in [5.41, 5.74) is 3.02. The zero-order valence-corrected chi connectivity index (χ0v) is 22.3. The highest BCUT2D eigenvalue weighted by atomic mass is 19.4. The molecule has 2 aromatic heterocycles. The van der Waals surface area contributed by atoms with E-state index in [9.17, 15) is 36.4 Å². The topological polar surface area (TPSA) is 115 Å². The summed E-state index contributed by atoms with van der Waals surface area (Å²) in [5, 5.41) is 18.3. The summed E-state index contributed by atoms with van der Waals surface area (Å²) in [5.74, 6) is 0.0960. The number of anilines is 1. The molecule has 1 aliphatic heterocycles. The van der Waals surface area contributed by atoms with E-state index in [0.29, 0.717) is 43.6 Å². The van der Waals surface area contributed by atoms with Crippen LogP contribution < -0.4 is 5.73 Å². The van der Waals surface area contributed by atoms with Crippen molar-refractivity contribution in [2.45, 2.75) is 64.2 Å². The summed E-state index contributed by atoms with van der Waals surface area (Å²) in [7, 11) is 0.